The normalized spacial score (nSPS) is 23.1. The van der Waals surface area contributed by atoms with E-state index in [2.05, 4.69) is 17.2 Å². The van der Waals surface area contributed by atoms with Gasteiger partial charge in [0.05, 0.1) is 19.3 Å². The topological polar surface area (TPSA) is 114 Å². The molecule has 2 aromatic carbocycles. The Balaban J connectivity index is 1.88. The molecule has 12 heteroatoms. The maximum atomic E-state index is 14.2. The summed E-state index contributed by atoms with van der Waals surface area (Å²) in [5.74, 6) is -3.51. The van der Waals surface area contributed by atoms with E-state index in [1.807, 2.05) is 0 Å². The number of hydrogen-bond donors (Lipinski definition) is 3. The highest BCUT2D eigenvalue weighted by atomic mass is 35.5. The van der Waals surface area contributed by atoms with E-state index in [1.54, 1.807) is 32.0 Å². The van der Waals surface area contributed by atoms with Crippen LogP contribution in [0.2, 0.25) is 5.02 Å². The molecule has 3 N–H and O–H groups in total. The largest absolute Gasteiger partial charge is 0.493 e. The minimum Gasteiger partial charge on any atom is -0.493 e. The summed E-state index contributed by atoms with van der Waals surface area (Å²) in [4.78, 5) is 39.6. The molecule has 2 aliphatic rings. The van der Waals surface area contributed by atoms with Crippen LogP contribution in [0.3, 0.4) is 0 Å². The van der Waals surface area contributed by atoms with E-state index in [-0.39, 0.29) is 28.5 Å². The Labute approximate surface area is 263 Å². The number of carboxylic acid groups (broad SMARTS) is 1. The molecule has 44 heavy (non-hydrogen) atoms. The highest BCUT2D eigenvalue weighted by molar-refractivity contribution is 6.31. The van der Waals surface area contributed by atoms with Crippen molar-refractivity contribution in [2.24, 2.45) is 11.3 Å². The summed E-state index contributed by atoms with van der Waals surface area (Å²) in [5.41, 5.74) is -1.16. The minimum absolute atomic E-state index is 0.000874. The molecule has 0 radical (unpaired) electrons. The molecule has 0 aromatic heterocycles. The van der Waals surface area contributed by atoms with Crippen molar-refractivity contribution in [2.75, 3.05) is 25.8 Å². The van der Waals surface area contributed by atoms with E-state index in [9.17, 15) is 28.3 Å². The van der Waals surface area contributed by atoms with E-state index in [1.165, 1.54) is 43.5 Å². The van der Waals surface area contributed by atoms with Crippen LogP contribution in [0.15, 0.2) is 71.8 Å². The molecule has 1 amide bonds. The lowest BCUT2D eigenvalue weighted by Crippen LogP contribution is -2.51. The quantitative estimate of drug-likeness (QED) is 0.147. The number of allylic oxidation sites excluding steroid dienone is 4. The first-order chi connectivity index (χ1) is 20.8. The van der Waals surface area contributed by atoms with Crippen molar-refractivity contribution in [3.63, 3.8) is 0 Å². The summed E-state index contributed by atoms with van der Waals surface area (Å²) < 4.78 is 38.2. The number of aromatic carboxylic acids is 1. The number of carboxylic acids is 1. The fourth-order valence-electron chi connectivity index (χ4n) is 5.93. The molecule has 0 bridgehead atoms. The molecule has 1 spiro atoms. The van der Waals surface area contributed by atoms with E-state index < -0.39 is 60.0 Å². The average Bonchev–Trinajstić information content (AvgIpc) is 3.46. The van der Waals surface area contributed by atoms with E-state index in [0.29, 0.717) is 21.8 Å². The second kappa shape index (κ2) is 13.1. The van der Waals surface area contributed by atoms with Gasteiger partial charge in [0.25, 0.3) is 0 Å². The number of methoxy groups -OCH3 is 1. The Bertz CT molecular complexity index is 1560. The summed E-state index contributed by atoms with van der Waals surface area (Å²) in [6.45, 7) is 6.03. The third-order valence-electron chi connectivity index (χ3n) is 7.91. The number of carbonyl (C=O) groups excluding carboxylic acids is 2. The number of anilines is 1. The van der Waals surface area contributed by atoms with Crippen LogP contribution in [0.4, 0.5) is 14.5 Å². The van der Waals surface area contributed by atoms with Crippen LogP contribution in [0, 0.1) is 11.3 Å². The molecule has 1 fully saturated rings. The van der Waals surface area contributed by atoms with Gasteiger partial charge in [0, 0.05) is 27.7 Å². The molecular weight excluding hydrogens is 617 g/mol. The van der Waals surface area contributed by atoms with Gasteiger partial charge in [-0.2, -0.15) is 0 Å². The molecule has 0 unspecified atom stereocenters. The van der Waals surface area contributed by atoms with Crippen molar-refractivity contribution in [1.82, 2.24) is 5.32 Å². The van der Waals surface area contributed by atoms with Crippen molar-refractivity contribution in [1.29, 1.82) is 0 Å². The van der Waals surface area contributed by atoms with Gasteiger partial charge in [-0.05, 0) is 59.4 Å². The molecule has 4 rings (SSSR count). The second-order valence-electron chi connectivity index (χ2n) is 11.5. The number of esters is 1. The predicted molar refractivity (Wildman–Crippen MR) is 164 cm³/mol. The maximum Gasteiger partial charge on any atom is 0.335 e. The molecule has 234 valence electrons. The average molecular weight is 650 g/mol. The Hall–Kier alpha value is -3.73. The van der Waals surface area contributed by atoms with E-state index in [4.69, 9.17) is 32.7 Å². The van der Waals surface area contributed by atoms with Gasteiger partial charge in [0.2, 0.25) is 5.91 Å². The zero-order chi connectivity index (χ0) is 32.4. The number of alkyl halides is 2. The monoisotopic (exact) mass is 648 g/mol. The number of hydrogen-bond acceptors (Lipinski definition) is 6. The Morgan fingerprint density at radius 2 is 1.91 bits per heavy atom. The van der Waals surface area contributed by atoms with E-state index >= 15 is 0 Å². The Morgan fingerprint density at radius 1 is 1.18 bits per heavy atom. The van der Waals surface area contributed by atoms with Crippen LogP contribution in [0.1, 0.15) is 36.2 Å². The van der Waals surface area contributed by atoms with Gasteiger partial charge in [0.1, 0.15) is 18.1 Å². The van der Waals surface area contributed by atoms with Crippen LogP contribution in [-0.4, -0.2) is 55.5 Å². The molecule has 1 saturated heterocycles. The van der Waals surface area contributed by atoms with Crippen LogP contribution >= 0.6 is 23.2 Å². The van der Waals surface area contributed by atoms with Gasteiger partial charge in [-0.15, -0.1) is 0 Å². The minimum atomic E-state index is -1.47. The van der Waals surface area contributed by atoms with Crippen molar-refractivity contribution < 1.29 is 37.7 Å². The second-order valence-corrected chi connectivity index (χ2v) is 12.4. The number of fused-ring (bicyclic) bond motifs is 2. The fourth-order valence-corrected chi connectivity index (χ4v) is 6.17. The van der Waals surface area contributed by atoms with Crippen molar-refractivity contribution >= 4 is 46.7 Å². The molecule has 2 aromatic rings. The highest BCUT2D eigenvalue weighted by Gasteiger charge is 2.66. The smallest absolute Gasteiger partial charge is 0.335 e. The maximum absolute atomic E-state index is 14.2. The van der Waals surface area contributed by atoms with Gasteiger partial charge in [-0.3, -0.25) is 14.5 Å². The Morgan fingerprint density at radius 3 is 2.55 bits per heavy atom. The number of amides is 1. The standard InChI is InChI=1S/C32H32Cl2F2N2O6/c1-17(6-5-7-20(34)15-35)26-27(29(41)44-23-11-8-18(28(39)40)12-24(23)43-4)38-25(14-31(2,3)16-36)32(26)21-10-9-19(33)13-22(21)37-30(32)42/h5-13,25-27,38H,1,14-16H2,2-4H3,(H,37,42)(H,39,40)/b6-5-,20-7+/t25-,26-,27+,32+/m0/s1. The lowest BCUT2D eigenvalue weighted by atomic mass is 9.62. The van der Waals surface area contributed by atoms with Gasteiger partial charge >= 0.3 is 11.9 Å². The number of carbonyl (C=O) groups is 3. The third-order valence-corrected chi connectivity index (χ3v) is 8.38. The van der Waals surface area contributed by atoms with Crippen LogP contribution < -0.4 is 20.1 Å². The number of halogens is 4. The van der Waals surface area contributed by atoms with E-state index in [0.717, 1.165) is 0 Å². The molecule has 4 atom stereocenters. The zero-order valence-corrected chi connectivity index (χ0v) is 25.8. The predicted octanol–water partition coefficient (Wildman–Crippen LogP) is 6.39. The summed E-state index contributed by atoms with van der Waals surface area (Å²) in [7, 11) is 1.30. The van der Waals surface area contributed by atoms with Crippen LogP contribution in [-0.2, 0) is 15.0 Å². The molecule has 2 heterocycles. The summed E-state index contributed by atoms with van der Waals surface area (Å²) >= 11 is 12.1. The van der Waals surface area contributed by atoms with Crippen LogP contribution in [0.25, 0.3) is 0 Å². The van der Waals surface area contributed by atoms with Gasteiger partial charge in [-0.1, -0.05) is 61.8 Å². The number of rotatable bonds is 11. The third kappa shape index (κ3) is 6.24. The zero-order valence-electron chi connectivity index (χ0n) is 24.3. The van der Waals surface area contributed by atoms with Gasteiger partial charge in [-0.25, -0.2) is 14.0 Å². The van der Waals surface area contributed by atoms with Crippen molar-refractivity contribution in [3.8, 4) is 11.5 Å². The SMILES string of the molecule is C=C(/C=C\C=C(\Cl)CF)[C@H]1[C@H](C(=O)Oc2ccc(C(=O)O)cc2OC)N[C@@H](CC(C)(C)CF)[C@@]12C(=O)Nc1cc(Cl)ccc12. The first-order valence-electron chi connectivity index (χ1n) is 13.6. The van der Waals surface area contributed by atoms with Crippen molar-refractivity contribution in [2.45, 2.75) is 37.8 Å². The lowest BCUT2D eigenvalue weighted by molar-refractivity contribution is -0.137. The first-order valence-corrected chi connectivity index (χ1v) is 14.4. The molecular formula is C32H32Cl2F2N2O6. The molecule has 2 aliphatic heterocycles. The summed E-state index contributed by atoms with van der Waals surface area (Å²) in [6, 6.07) is 6.69. The lowest BCUT2D eigenvalue weighted by Gasteiger charge is -2.38. The fraction of sp³-hybridized carbons (Fsp3) is 0.344. The number of nitrogens with one attached hydrogen (secondary N) is 2. The van der Waals surface area contributed by atoms with Gasteiger partial charge < -0.3 is 19.9 Å². The summed E-state index contributed by atoms with van der Waals surface area (Å²) in [6.07, 6.45) is 4.46. The first kappa shape index (κ1) is 33.2. The Kier molecular flexibility index (Phi) is 9.87. The van der Waals surface area contributed by atoms with Crippen molar-refractivity contribution in [3.05, 3.63) is 88.0 Å². The molecule has 0 aliphatic carbocycles. The molecule has 0 saturated carbocycles. The summed E-state index contributed by atoms with van der Waals surface area (Å²) in [5, 5.41) is 15.8. The number of benzene rings is 2. The molecule has 8 nitrogen and oxygen atoms in total. The van der Waals surface area contributed by atoms with Gasteiger partial charge in [0.15, 0.2) is 11.5 Å². The highest BCUT2D eigenvalue weighted by Crippen LogP contribution is 2.55. The number of ether oxygens (including phenoxy) is 2. The van der Waals surface area contributed by atoms with Crippen LogP contribution in [0.5, 0.6) is 11.5 Å².